The summed E-state index contributed by atoms with van der Waals surface area (Å²) in [5.41, 5.74) is -0.694. The Kier molecular flexibility index (Phi) is 5.49. The van der Waals surface area contributed by atoms with Gasteiger partial charge in [0.2, 0.25) is 0 Å². The van der Waals surface area contributed by atoms with Gasteiger partial charge in [0.25, 0.3) is 10.0 Å². The predicted octanol–water partition coefficient (Wildman–Crippen LogP) is 5.05. The van der Waals surface area contributed by atoms with E-state index in [-0.39, 0.29) is 27.4 Å². The number of rotatable bonds is 4. The molecular weight excluding hydrogens is 457 g/mol. The molecule has 2 aromatic heterocycles. The summed E-state index contributed by atoms with van der Waals surface area (Å²) in [6.45, 7) is 1.79. The Labute approximate surface area is 187 Å². The van der Waals surface area contributed by atoms with Crippen molar-refractivity contribution in [3.8, 4) is 11.3 Å². The first-order chi connectivity index (χ1) is 15.5. The average Bonchev–Trinajstić information content (AvgIpc) is 3.18. The van der Waals surface area contributed by atoms with Gasteiger partial charge in [-0.1, -0.05) is 29.8 Å². The third-order valence-corrected chi connectivity index (χ3v) is 6.84. The number of carbonyl (C=O) groups is 1. The molecule has 0 bridgehead atoms. The van der Waals surface area contributed by atoms with Gasteiger partial charge < -0.3 is 4.74 Å². The van der Waals surface area contributed by atoms with Crippen molar-refractivity contribution < 1.29 is 31.1 Å². The lowest BCUT2D eigenvalue weighted by atomic mass is 10.0. The lowest BCUT2D eigenvalue weighted by Gasteiger charge is -2.13. The number of esters is 1. The normalized spacial score (nSPS) is 12.2. The highest BCUT2D eigenvalue weighted by molar-refractivity contribution is 7.90. The van der Waals surface area contributed by atoms with Crippen LogP contribution in [0.4, 0.5) is 13.2 Å². The van der Waals surface area contributed by atoms with Crippen LogP contribution in [0.5, 0.6) is 0 Å². The Morgan fingerprint density at radius 1 is 1.03 bits per heavy atom. The van der Waals surface area contributed by atoms with Gasteiger partial charge in [-0.3, -0.25) is 4.98 Å². The Morgan fingerprint density at radius 3 is 2.36 bits per heavy atom. The molecule has 0 radical (unpaired) electrons. The van der Waals surface area contributed by atoms with Gasteiger partial charge in [-0.2, -0.15) is 13.2 Å². The summed E-state index contributed by atoms with van der Waals surface area (Å²) < 4.78 is 73.1. The maximum Gasteiger partial charge on any atom is 0.418 e. The summed E-state index contributed by atoms with van der Waals surface area (Å²) in [7, 11) is -3.18. The third-order valence-electron chi connectivity index (χ3n) is 5.10. The van der Waals surface area contributed by atoms with Crippen LogP contribution in [0.3, 0.4) is 0 Å². The number of methoxy groups -OCH3 is 1. The Bertz CT molecular complexity index is 1470. The summed E-state index contributed by atoms with van der Waals surface area (Å²) in [6.07, 6.45) is -3.44. The monoisotopic (exact) mass is 474 g/mol. The van der Waals surface area contributed by atoms with Crippen molar-refractivity contribution in [2.75, 3.05) is 7.11 Å². The molecule has 10 heteroatoms. The number of fused-ring (bicyclic) bond motifs is 1. The lowest BCUT2D eigenvalue weighted by Crippen LogP contribution is -2.19. The summed E-state index contributed by atoms with van der Waals surface area (Å²) in [5.74, 6) is -0.905. The van der Waals surface area contributed by atoms with Crippen LogP contribution in [0.15, 0.2) is 71.8 Å². The topological polar surface area (TPSA) is 78.3 Å². The van der Waals surface area contributed by atoms with Gasteiger partial charge in [0.15, 0.2) is 0 Å². The molecule has 33 heavy (non-hydrogen) atoms. The van der Waals surface area contributed by atoms with Crippen molar-refractivity contribution in [1.82, 2.24) is 8.96 Å². The fourth-order valence-corrected chi connectivity index (χ4v) is 5.00. The number of ether oxygens (including phenoxy) is 1. The highest BCUT2D eigenvalue weighted by Gasteiger charge is 2.34. The summed E-state index contributed by atoms with van der Waals surface area (Å²) in [5, 5.41) is 0.333. The van der Waals surface area contributed by atoms with Crippen molar-refractivity contribution in [3.63, 3.8) is 0 Å². The zero-order valence-corrected chi connectivity index (χ0v) is 18.2. The number of carbonyl (C=O) groups excluding carboxylic acids is 1. The molecule has 4 aromatic rings. The van der Waals surface area contributed by atoms with E-state index in [1.807, 2.05) is 0 Å². The quantitative estimate of drug-likeness (QED) is 0.387. The minimum atomic E-state index is -4.66. The van der Waals surface area contributed by atoms with Gasteiger partial charge in [0.05, 0.1) is 28.8 Å². The summed E-state index contributed by atoms with van der Waals surface area (Å²) in [4.78, 5) is 16.2. The van der Waals surface area contributed by atoms with Crippen LogP contribution in [-0.2, 0) is 20.9 Å². The Balaban J connectivity index is 2.02. The van der Waals surface area contributed by atoms with Gasteiger partial charge in [0, 0.05) is 17.1 Å². The number of benzene rings is 2. The van der Waals surface area contributed by atoms with Gasteiger partial charge in [-0.15, -0.1) is 0 Å². The van der Waals surface area contributed by atoms with E-state index in [9.17, 15) is 26.4 Å². The number of hydrogen-bond donors (Lipinski definition) is 0. The molecule has 0 amide bonds. The van der Waals surface area contributed by atoms with Gasteiger partial charge in [0.1, 0.15) is 5.69 Å². The first-order valence-electron chi connectivity index (χ1n) is 9.62. The van der Waals surface area contributed by atoms with Crippen LogP contribution in [0.2, 0.25) is 0 Å². The number of hydrogen-bond acceptors (Lipinski definition) is 5. The zero-order valence-electron chi connectivity index (χ0n) is 17.4. The van der Waals surface area contributed by atoms with E-state index in [1.54, 1.807) is 19.1 Å². The maximum absolute atomic E-state index is 13.5. The Morgan fingerprint density at radius 2 is 1.73 bits per heavy atom. The van der Waals surface area contributed by atoms with Crippen molar-refractivity contribution in [2.45, 2.75) is 18.0 Å². The molecule has 2 heterocycles. The molecule has 0 spiro atoms. The van der Waals surface area contributed by atoms with Crippen LogP contribution in [0, 0.1) is 6.92 Å². The maximum atomic E-state index is 13.5. The van der Waals surface area contributed by atoms with E-state index in [0.29, 0.717) is 5.39 Å². The SMILES string of the molecule is COC(=O)c1cc2ccc(-c3ncccc3C(F)(F)F)cc2n1S(=O)(=O)c1ccc(C)cc1. The van der Waals surface area contributed by atoms with E-state index in [0.717, 1.165) is 22.7 Å². The number of halogens is 3. The molecule has 0 atom stereocenters. The van der Waals surface area contributed by atoms with Crippen molar-refractivity contribution in [2.24, 2.45) is 0 Å². The molecule has 170 valence electrons. The van der Waals surface area contributed by atoms with E-state index in [4.69, 9.17) is 4.74 Å². The molecule has 0 saturated heterocycles. The standard InChI is InChI=1S/C23H17F3N2O4S/c1-14-5-9-17(10-6-14)33(30,31)28-19-13-16(8-7-15(19)12-20(28)22(29)32-2)21-18(23(24,25)26)4-3-11-27-21/h3-13H,1-2H3. The smallest absolute Gasteiger partial charge is 0.418 e. The highest BCUT2D eigenvalue weighted by Crippen LogP contribution is 2.37. The number of aryl methyl sites for hydroxylation is 1. The van der Waals surface area contributed by atoms with Crippen LogP contribution in [0.1, 0.15) is 21.6 Å². The molecular formula is C23H17F3N2O4S. The molecule has 0 aliphatic carbocycles. The first-order valence-corrected chi connectivity index (χ1v) is 11.1. The third kappa shape index (κ3) is 3.97. The average molecular weight is 474 g/mol. The first kappa shape index (κ1) is 22.5. The molecule has 0 saturated carbocycles. The van der Waals surface area contributed by atoms with E-state index in [1.165, 1.54) is 48.7 Å². The fraction of sp³-hybridized carbons (Fsp3) is 0.130. The predicted molar refractivity (Wildman–Crippen MR) is 115 cm³/mol. The second kappa shape index (κ2) is 8.04. The Hall–Kier alpha value is -3.66. The molecule has 4 rings (SSSR count). The van der Waals surface area contributed by atoms with Gasteiger partial charge in [-0.25, -0.2) is 17.2 Å². The number of aromatic nitrogens is 2. The van der Waals surface area contributed by atoms with E-state index < -0.39 is 27.7 Å². The molecule has 0 fully saturated rings. The summed E-state index contributed by atoms with van der Waals surface area (Å²) in [6, 6.07) is 13.5. The molecule has 2 aromatic carbocycles. The minimum Gasteiger partial charge on any atom is -0.464 e. The van der Waals surface area contributed by atoms with Crippen LogP contribution < -0.4 is 0 Å². The zero-order chi connectivity index (χ0) is 24.0. The summed E-state index contributed by atoms with van der Waals surface area (Å²) >= 11 is 0. The molecule has 0 aliphatic rings. The molecule has 0 aliphatic heterocycles. The molecule has 6 nitrogen and oxygen atoms in total. The van der Waals surface area contributed by atoms with Gasteiger partial charge in [-0.05, 0) is 43.3 Å². The van der Waals surface area contributed by atoms with Crippen LogP contribution in [0.25, 0.3) is 22.2 Å². The van der Waals surface area contributed by atoms with E-state index >= 15 is 0 Å². The van der Waals surface area contributed by atoms with Crippen molar-refractivity contribution in [3.05, 3.63) is 83.7 Å². The van der Waals surface area contributed by atoms with Crippen LogP contribution >= 0.6 is 0 Å². The highest BCUT2D eigenvalue weighted by atomic mass is 32.2. The van der Waals surface area contributed by atoms with Gasteiger partial charge >= 0.3 is 12.1 Å². The van der Waals surface area contributed by atoms with Crippen molar-refractivity contribution >= 4 is 26.9 Å². The van der Waals surface area contributed by atoms with Crippen LogP contribution in [-0.4, -0.2) is 30.5 Å². The number of alkyl halides is 3. The van der Waals surface area contributed by atoms with Crippen molar-refractivity contribution in [1.29, 1.82) is 0 Å². The van der Waals surface area contributed by atoms with E-state index in [2.05, 4.69) is 4.98 Å². The fourth-order valence-electron chi connectivity index (χ4n) is 3.51. The second-order valence-electron chi connectivity index (χ2n) is 7.27. The number of nitrogens with zero attached hydrogens (tertiary/aromatic N) is 2. The lowest BCUT2D eigenvalue weighted by molar-refractivity contribution is -0.137. The number of pyridine rings is 1. The largest absolute Gasteiger partial charge is 0.464 e. The molecule has 0 unspecified atom stereocenters. The minimum absolute atomic E-state index is 0.0206. The second-order valence-corrected chi connectivity index (χ2v) is 9.06. The molecule has 0 N–H and O–H groups in total.